The van der Waals surface area contributed by atoms with Gasteiger partial charge in [0.05, 0.1) is 0 Å². The number of hydrogen-bond acceptors (Lipinski definition) is 12. The van der Waals surface area contributed by atoms with Crippen LogP contribution in [0.15, 0.2) is 0 Å². The second-order valence-electron chi connectivity index (χ2n) is 6.84. The van der Waals surface area contributed by atoms with Crippen molar-refractivity contribution in [1.82, 2.24) is 0 Å². The van der Waals surface area contributed by atoms with Crippen LogP contribution in [-0.2, 0) is 38.4 Å². The van der Waals surface area contributed by atoms with Gasteiger partial charge in [-0.15, -0.1) is 0 Å². The van der Waals surface area contributed by atoms with E-state index in [0.29, 0.717) is 0 Å². The van der Waals surface area contributed by atoms with Crippen LogP contribution < -0.4 is 0 Å². The van der Waals surface area contributed by atoms with Crippen LogP contribution in [0.1, 0.15) is 83.1 Å². The largest absolute Gasteiger partial charge is 0.503 e. The summed E-state index contributed by atoms with van der Waals surface area (Å²) in [7, 11) is 0. The van der Waals surface area contributed by atoms with E-state index in [1.807, 2.05) is 0 Å². The topological polar surface area (TPSA) is 448 Å². The lowest BCUT2D eigenvalue weighted by Gasteiger charge is -1.60. The van der Waals surface area contributed by atoms with E-state index in [-0.39, 0.29) is 23.1 Å². The molecular formula is C24H48O24. The van der Waals surface area contributed by atoms with Crippen molar-refractivity contribution in [3.8, 4) is 0 Å². The molecule has 0 aromatic heterocycles. The first-order chi connectivity index (χ1) is 20.8. The first-order valence-corrected chi connectivity index (χ1v) is 11.1. The molecule has 0 saturated heterocycles. The highest BCUT2D eigenvalue weighted by atomic mass is 16.6. The molecule has 12 N–H and O–H groups in total. The Hall–Kier alpha value is -6.36. The van der Waals surface area contributed by atoms with Crippen molar-refractivity contribution in [2.45, 2.75) is 83.1 Å². The van der Waals surface area contributed by atoms with Gasteiger partial charge in [0.2, 0.25) is 0 Å². The first-order valence-electron chi connectivity index (χ1n) is 11.1. The number of aliphatic carboxylic acids is 4. The predicted octanol–water partition coefficient (Wildman–Crippen LogP) is 3.63. The van der Waals surface area contributed by atoms with Crippen molar-refractivity contribution in [3.63, 3.8) is 0 Å². The Morgan fingerprint density at radius 1 is 0.208 bits per heavy atom. The summed E-state index contributed by atoms with van der Waals surface area (Å²) in [5, 5.41) is 85.4. The van der Waals surface area contributed by atoms with Gasteiger partial charge in [-0.3, -0.25) is 19.2 Å². The average Bonchev–Trinajstić information content (AvgIpc) is 2.61. The quantitative estimate of drug-likeness (QED) is 0.170. The second kappa shape index (κ2) is 72.7. The zero-order valence-electron chi connectivity index (χ0n) is 28.3. The van der Waals surface area contributed by atoms with Gasteiger partial charge >= 0.3 is 24.6 Å². The Balaban J connectivity index is -0.0000000295. The molecule has 288 valence electrons. The fourth-order valence-corrected chi connectivity index (χ4v) is 0. The van der Waals surface area contributed by atoms with Crippen LogP contribution in [0.4, 0.5) is 19.2 Å². The molecule has 0 atom stereocenters. The molecule has 0 aliphatic carbocycles. The average molecular weight is 721 g/mol. The summed E-state index contributed by atoms with van der Waals surface area (Å²) in [6, 6.07) is 0. The molecule has 0 radical (unpaired) electrons. The molecular weight excluding hydrogens is 672 g/mol. The van der Waals surface area contributed by atoms with Crippen LogP contribution in [-0.4, -0.2) is 133 Å². The third-order valence-electron chi connectivity index (χ3n) is 0. The van der Waals surface area contributed by atoms with Gasteiger partial charge in [0.15, 0.2) is 0 Å². The molecule has 0 spiro atoms. The Morgan fingerprint density at radius 2 is 0.208 bits per heavy atom. The Bertz CT molecular complexity index is 582. The number of hydrogen-bond donors (Lipinski definition) is 12. The van der Waals surface area contributed by atoms with Crippen LogP contribution in [0.3, 0.4) is 0 Å². The zero-order valence-corrected chi connectivity index (χ0v) is 28.3. The fourth-order valence-electron chi connectivity index (χ4n) is 0. The van der Waals surface area contributed by atoms with Crippen molar-refractivity contribution in [2.75, 3.05) is 0 Å². The fraction of sp³-hybridized carbons (Fsp3) is 0.500. The second-order valence-corrected chi connectivity index (χ2v) is 6.84. The summed E-state index contributed by atoms with van der Waals surface area (Å²) in [6.45, 7) is 16.6. The molecule has 0 aliphatic heterocycles. The minimum Gasteiger partial charge on any atom is -0.481 e. The zero-order chi connectivity index (χ0) is 42.9. The number of Topliss-reactive ketones (excluding diaryl/α,β-unsaturated/α-hetero) is 4. The molecule has 0 fully saturated rings. The van der Waals surface area contributed by atoms with Gasteiger partial charge in [0, 0.05) is 27.7 Å². The number of carboxylic acids is 4. The maximum atomic E-state index is 9.44. The van der Waals surface area contributed by atoms with Crippen molar-refractivity contribution >= 4 is 71.6 Å². The van der Waals surface area contributed by atoms with Crippen molar-refractivity contribution < 1.29 is 119 Å². The summed E-state index contributed by atoms with van der Waals surface area (Å²) in [6.07, 6.45) is -7.33. The monoisotopic (exact) mass is 720 g/mol. The highest BCUT2D eigenvalue weighted by Gasteiger charge is 1.72. The minimum absolute atomic E-state index is 0.167. The van der Waals surface area contributed by atoms with E-state index in [1.165, 1.54) is 55.4 Å². The van der Waals surface area contributed by atoms with Crippen LogP contribution in [0.5, 0.6) is 0 Å². The number of ketones is 4. The summed E-state index contributed by atoms with van der Waals surface area (Å²) >= 11 is 0. The smallest absolute Gasteiger partial charge is 0.481 e. The van der Waals surface area contributed by atoms with Gasteiger partial charge in [0.1, 0.15) is 23.1 Å². The van der Waals surface area contributed by atoms with E-state index in [9.17, 15) is 19.2 Å². The summed E-state index contributed by atoms with van der Waals surface area (Å²) < 4.78 is 0. The lowest BCUT2D eigenvalue weighted by Crippen LogP contribution is -1.81. The number of carbonyl (C=O) groups is 12. The minimum atomic E-state index is -1.83. The highest BCUT2D eigenvalue weighted by molar-refractivity contribution is 5.73. The first kappa shape index (κ1) is 78.3. The van der Waals surface area contributed by atoms with Crippen LogP contribution in [0.25, 0.3) is 0 Å². The van der Waals surface area contributed by atoms with Gasteiger partial charge in [-0.2, -0.15) is 0 Å². The molecule has 0 heterocycles. The van der Waals surface area contributed by atoms with Crippen molar-refractivity contribution in [2.24, 2.45) is 0 Å². The molecule has 24 heteroatoms. The third-order valence-corrected chi connectivity index (χ3v) is 0. The molecule has 0 rings (SSSR count). The van der Waals surface area contributed by atoms with Gasteiger partial charge in [0.25, 0.3) is 23.9 Å². The van der Waals surface area contributed by atoms with Gasteiger partial charge in [-0.05, 0) is 55.4 Å². The predicted molar refractivity (Wildman–Crippen MR) is 161 cm³/mol. The summed E-state index contributed by atoms with van der Waals surface area (Å²) in [5.74, 6) is -2.67. The molecule has 0 amide bonds. The van der Waals surface area contributed by atoms with E-state index in [4.69, 9.17) is 99.6 Å². The summed E-state index contributed by atoms with van der Waals surface area (Å²) in [4.78, 5) is 108. The highest BCUT2D eigenvalue weighted by Crippen LogP contribution is 1.52. The van der Waals surface area contributed by atoms with E-state index >= 15 is 0 Å². The van der Waals surface area contributed by atoms with E-state index < -0.39 is 48.5 Å². The Morgan fingerprint density at radius 3 is 0.208 bits per heavy atom. The molecule has 0 bridgehead atoms. The van der Waals surface area contributed by atoms with Gasteiger partial charge < -0.3 is 80.5 Å². The number of carbonyl (C=O) groups excluding carboxylic acids is 4. The maximum Gasteiger partial charge on any atom is 0.503 e. The Kier molecular flexibility index (Phi) is 119. The SMILES string of the molecule is CC(=O)O.CC(=O)O.CC(=O)O.CC(=O)O.CC(C)=O.CC(C)=O.CC(C)=O.CC(C)=O.O=C(O)O.O=C(O)O.O=C(O)O.O=C(O)O. The molecule has 24 nitrogen and oxygen atoms in total. The van der Waals surface area contributed by atoms with Crippen LogP contribution in [0.2, 0.25) is 0 Å². The lowest BCUT2D eigenvalue weighted by atomic mass is 10.6. The molecule has 0 saturated carbocycles. The van der Waals surface area contributed by atoms with Crippen molar-refractivity contribution in [3.05, 3.63) is 0 Å². The Labute approximate surface area is 274 Å². The van der Waals surface area contributed by atoms with Gasteiger partial charge in [-0.1, -0.05) is 0 Å². The molecule has 0 aromatic carbocycles. The molecule has 48 heavy (non-hydrogen) atoms. The number of carboxylic acid groups (broad SMARTS) is 12. The van der Waals surface area contributed by atoms with E-state index in [1.54, 1.807) is 0 Å². The van der Waals surface area contributed by atoms with Crippen LogP contribution >= 0.6 is 0 Å². The maximum absolute atomic E-state index is 9.44. The van der Waals surface area contributed by atoms with Crippen LogP contribution in [0, 0.1) is 0 Å². The third kappa shape index (κ3) is 1460. The van der Waals surface area contributed by atoms with Gasteiger partial charge in [-0.25, -0.2) is 19.2 Å². The number of rotatable bonds is 0. The molecule has 0 unspecified atom stereocenters. The van der Waals surface area contributed by atoms with E-state index in [0.717, 1.165) is 27.7 Å². The molecule has 0 aromatic rings. The molecule has 0 aliphatic rings. The standard InChI is InChI=1S/4C3H6O.4C2H4O2.4CH2O3/c4*1-3(2)4;4*1-2(3)4;4*2-1(3)4/h4*1-2H3;4*1H3,(H,3,4);4*(H2,2,3,4). The van der Waals surface area contributed by atoms with E-state index in [2.05, 4.69) is 0 Å². The normalized spacial score (nSPS) is 6.25. The van der Waals surface area contributed by atoms with Crippen molar-refractivity contribution in [1.29, 1.82) is 0 Å². The lowest BCUT2D eigenvalue weighted by molar-refractivity contribution is -0.135. The summed E-state index contributed by atoms with van der Waals surface area (Å²) in [5.41, 5.74) is 0.